The monoisotopic (exact) mass is 285 g/mol. The Morgan fingerprint density at radius 2 is 1.90 bits per heavy atom. The van der Waals surface area contributed by atoms with Crippen LogP contribution in [-0.4, -0.2) is 7.05 Å². The molecule has 20 heavy (non-hydrogen) atoms. The van der Waals surface area contributed by atoms with Crippen molar-refractivity contribution in [2.75, 3.05) is 7.05 Å². The van der Waals surface area contributed by atoms with Crippen molar-refractivity contribution in [3.8, 4) is 10.4 Å². The van der Waals surface area contributed by atoms with Crippen molar-refractivity contribution in [3.05, 3.63) is 46.8 Å². The van der Waals surface area contributed by atoms with Gasteiger partial charge in [-0.2, -0.15) is 0 Å². The fourth-order valence-corrected chi connectivity index (χ4v) is 4.06. The fourth-order valence-electron chi connectivity index (χ4n) is 2.84. The van der Waals surface area contributed by atoms with Crippen LogP contribution in [-0.2, 0) is 6.42 Å². The second kappa shape index (κ2) is 6.11. The average Bonchev–Trinajstić information content (AvgIpc) is 3.18. The Labute approximate surface area is 126 Å². The molecule has 0 aliphatic heterocycles. The molecule has 3 rings (SSSR count). The van der Waals surface area contributed by atoms with Crippen LogP contribution in [0.1, 0.15) is 42.7 Å². The van der Waals surface area contributed by atoms with E-state index in [0.717, 1.165) is 5.92 Å². The van der Waals surface area contributed by atoms with Gasteiger partial charge < -0.3 is 5.32 Å². The fraction of sp³-hybridized carbons (Fsp3) is 0.444. The third-order valence-electron chi connectivity index (χ3n) is 4.11. The Hall–Kier alpha value is -1.12. The smallest absolute Gasteiger partial charge is 0.0441 e. The molecule has 1 aliphatic rings. The van der Waals surface area contributed by atoms with E-state index in [-0.39, 0.29) is 0 Å². The van der Waals surface area contributed by atoms with Gasteiger partial charge in [-0.15, -0.1) is 11.3 Å². The third-order valence-corrected chi connectivity index (χ3v) is 5.33. The first kappa shape index (κ1) is 13.8. The van der Waals surface area contributed by atoms with Crippen LogP contribution in [0.15, 0.2) is 36.4 Å². The number of rotatable bonds is 6. The number of nitrogens with one attached hydrogen (secondary N) is 1. The van der Waals surface area contributed by atoms with Crippen molar-refractivity contribution in [1.82, 2.24) is 5.32 Å². The summed E-state index contributed by atoms with van der Waals surface area (Å²) in [6.07, 6.45) is 5.15. The molecule has 0 saturated heterocycles. The zero-order chi connectivity index (χ0) is 13.9. The van der Waals surface area contributed by atoms with Crippen LogP contribution in [0.5, 0.6) is 0 Å². The quantitative estimate of drug-likeness (QED) is 0.784. The molecule has 0 bridgehead atoms. The Bertz CT molecular complexity index is 551. The summed E-state index contributed by atoms with van der Waals surface area (Å²) < 4.78 is 0. The summed E-state index contributed by atoms with van der Waals surface area (Å²) in [5, 5.41) is 3.48. The highest BCUT2D eigenvalue weighted by Gasteiger charge is 2.32. The molecule has 1 aromatic carbocycles. The Morgan fingerprint density at radius 3 is 2.50 bits per heavy atom. The number of hydrogen-bond acceptors (Lipinski definition) is 2. The molecule has 1 aliphatic carbocycles. The molecule has 1 fully saturated rings. The lowest BCUT2D eigenvalue weighted by Gasteiger charge is -2.12. The lowest BCUT2D eigenvalue weighted by atomic mass is 10.1. The van der Waals surface area contributed by atoms with Gasteiger partial charge in [-0.3, -0.25) is 0 Å². The second-order valence-corrected chi connectivity index (χ2v) is 6.87. The predicted molar refractivity (Wildman–Crippen MR) is 88.3 cm³/mol. The largest absolute Gasteiger partial charge is 0.312 e. The van der Waals surface area contributed by atoms with E-state index in [1.807, 2.05) is 11.3 Å². The molecule has 1 saturated carbocycles. The minimum absolute atomic E-state index is 0.563. The van der Waals surface area contributed by atoms with Crippen LogP contribution >= 0.6 is 11.3 Å². The van der Waals surface area contributed by atoms with Gasteiger partial charge in [0.05, 0.1) is 0 Å². The molecule has 2 heteroatoms. The summed E-state index contributed by atoms with van der Waals surface area (Å²) in [6.45, 7) is 2.23. The maximum atomic E-state index is 3.48. The number of thiophene rings is 1. The zero-order valence-corrected chi connectivity index (χ0v) is 13.2. The maximum Gasteiger partial charge on any atom is 0.0441 e. The Kier molecular flexibility index (Phi) is 4.23. The van der Waals surface area contributed by atoms with E-state index >= 15 is 0 Å². The molecule has 1 nitrogen and oxygen atoms in total. The van der Waals surface area contributed by atoms with Gasteiger partial charge in [0.2, 0.25) is 0 Å². The van der Waals surface area contributed by atoms with E-state index in [4.69, 9.17) is 0 Å². The van der Waals surface area contributed by atoms with E-state index in [2.05, 4.69) is 55.7 Å². The van der Waals surface area contributed by atoms with E-state index in [1.165, 1.54) is 46.6 Å². The second-order valence-electron chi connectivity index (χ2n) is 5.75. The summed E-state index contributed by atoms with van der Waals surface area (Å²) in [6, 6.07) is 14.2. The van der Waals surface area contributed by atoms with Gasteiger partial charge in [0.25, 0.3) is 0 Å². The predicted octanol–water partition coefficient (Wildman–Crippen LogP) is 5.04. The van der Waals surface area contributed by atoms with Gasteiger partial charge in [-0.1, -0.05) is 37.6 Å². The molecule has 1 atom stereocenters. The summed E-state index contributed by atoms with van der Waals surface area (Å²) >= 11 is 1.94. The van der Waals surface area contributed by atoms with E-state index in [1.54, 1.807) is 0 Å². The molecule has 1 unspecified atom stereocenters. The van der Waals surface area contributed by atoms with Crippen LogP contribution in [0, 0.1) is 5.92 Å². The van der Waals surface area contributed by atoms with E-state index in [0.29, 0.717) is 6.04 Å². The van der Waals surface area contributed by atoms with Crippen LogP contribution in [0.25, 0.3) is 10.4 Å². The van der Waals surface area contributed by atoms with Crippen LogP contribution < -0.4 is 5.32 Å². The summed E-state index contributed by atoms with van der Waals surface area (Å²) in [5.74, 6) is 0.860. The molecule has 1 heterocycles. The van der Waals surface area contributed by atoms with E-state index < -0.39 is 0 Å². The first-order valence-electron chi connectivity index (χ1n) is 7.68. The van der Waals surface area contributed by atoms with Gasteiger partial charge in [-0.05, 0) is 55.5 Å². The average molecular weight is 285 g/mol. The van der Waals surface area contributed by atoms with Crippen molar-refractivity contribution in [3.63, 3.8) is 0 Å². The third kappa shape index (κ3) is 2.97. The van der Waals surface area contributed by atoms with Gasteiger partial charge >= 0.3 is 0 Å². The molecular formula is C18H23NS. The van der Waals surface area contributed by atoms with Crippen LogP contribution in [0.3, 0.4) is 0 Å². The molecule has 1 aromatic heterocycles. The van der Waals surface area contributed by atoms with Gasteiger partial charge in [0.15, 0.2) is 0 Å². The minimum atomic E-state index is 0.563. The van der Waals surface area contributed by atoms with Gasteiger partial charge in [0, 0.05) is 15.8 Å². The lowest BCUT2D eigenvalue weighted by molar-refractivity contribution is 0.537. The highest BCUT2D eigenvalue weighted by Crippen LogP contribution is 2.44. The molecule has 106 valence electrons. The minimum Gasteiger partial charge on any atom is -0.312 e. The Morgan fingerprint density at radius 1 is 1.15 bits per heavy atom. The normalized spacial score (nSPS) is 16.3. The molecular weight excluding hydrogens is 262 g/mol. The van der Waals surface area contributed by atoms with Crippen molar-refractivity contribution in [2.24, 2.45) is 5.92 Å². The van der Waals surface area contributed by atoms with Crippen LogP contribution in [0.4, 0.5) is 0 Å². The van der Waals surface area contributed by atoms with Crippen molar-refractivity contribution >= 4 is 11.3 Å². The van der Waals surface area contributed by atoms with Crippen molar-refractivity contribution in [1.29, 1.82) is 0 Å². The Balaban J connectivity index is 1.78. The summed E-state index contributed by atoms with van der Waals surface area (Å²) in [5.41, 5.74) is 2.80. The number of hydrogen-bond donors (Lipinski definition) is 1. The highest BCUT2D eigenvalue weighted by molar-refractivity contribution is 7.15. The first-order chi connectivity index (χ1) is 9.81. The van der Waals surface area contributed by atoms with Crippen LogP contribution in [0.2, 0.25) is 0 Å². The maximum absolute atomic E-state index is 3.48. The molecule has 0 amide bonds. The highest BCUT2D eigenvalue weighted by atomic mass is 32.1. The lowest BCUT2D eigenvalue weighted by Crippen LogP contribution is -2.16. The zero-order valence-electron chi connectivity index (χ0n) is 12.4. The van der Waals surface area contributed by atoms with Crippen molar-refractivity contribution in [2.45, 2.75) is 38.6 Å². The van der Waals surface area contributed by atoms with E-state index in [9.17, 15) is 0 Å². The summed E-state index contributed by atoms with van der Waals surface area (Å²) in [7, 11) is 2.09. The standard InChI is InChI=1S/C18H23NS/c1-3-4-13-5-7-14(8-6-13)16-11-12-17(20-16)18(19-2)15-9-10-15/h5-8,11-12,15,18-19H,3-4,9-10H2,1-2H3. The SMILES string of the molecule is CCCc1ccc(-c2ccc(C(NC)C3CC3)s2)cc1. The number of benzene rings is 1. The number of aryl methyl sites for hydroxylation is 1. The van der Waals surface area contributed by atoms with Gasteiger partial charge in [-0.25, -0.2) is 0 Å². The molecule has 0 radical (unpaired) electrons. The topological polar surface area (TPSA) is 12.0 Å². The summed E-state index contributed by atoms with van der Waals surface area (Å²) in [4.78, 5) is 2.88. The molecule has 2 aromatic rings. The van der Waals surface area contributed by atoms with Gasteiger partial charge in [0.1, 0.15) is 0 Å². The van der Waals surface area contributed by atoms with Crippen molar-refractivity contribution < 1.29 is 0 Å². The molecule has 1 N–H and O–H groups in total. The first-order valence-corrected chi connectivity index (χ1v) is 8.49. The molecule has 0 spiro atoms.